The molecule has 0 aromatic carbocycles. The zero-order valence-electron chi connectivity index (χ0n) is 10.5. The van der Waals surface area contributed by atoms with E-state index in [1.807, 2.05) is 6.26 Å². The molecule has 1 aliphatic carbocycles. The lowest BCUT2D eigenvalue weighted by molar-refractivity contribution is -0.145. The first-order valence-corrected chi connectivity index (χ1v) is 7.45. The third-order valence-corrected chi connectivity index (χ3v) is 3.78. The molecule has 1 unspecified atom stereocenters. The molecule has 0 spiro atoms. The Balaban J connectivity index is 2.46. The van der Waals surface area contributed by atoms with Crippen molar-refractivity contribution in [2.75, 3.05) is 19.1 Å². The van der Waals surface area contributed by atoms with Crippen LogP contribution in [0.5, 0.6) is 0 Å². The lowest BCUT2D eigenvalue weighted by Gasteiger charge is -2.18. The second-order valence-electron chi connectivity index (χ2n) is 4.35. The molecule has 0 bridgehead atoms. The molecule has 98 valence electrons. The fraction of sp³-hybridized carbons (Fsp3) is 0.833. The van der Waals surface area contributed by atoms with Gasteiger partial charge in [-0.1, -0.05) is 12.8 Å². The molecule has 0 aromatic heterocycles. The van der Waals surface area contributed by atoms with Gasteiger partial charge in [0, 0.05) is 5.92 Å². The summed E-state index contributed by atoms with van der Waals surface area (Å²) in [6.07, 6.45) is 6.74. The summed E-state index contributed by atoms with van der Waals surface area (Å²) >= 11 is 1.66. The van der Waals surface area contributed by atoms with Gasteiger partial charge in [0.2, 0.25) is 5.91 Å². The number of hydrogen-bond acceptors (Lipinski definition) is 4. The van der Waals surface area contributed by atoms with Crippen molar-refractivity contribution in [2.24, 2.45) is 5.92 Å². The van der Waals surface area contributed by atoms with Crippen molar-refractivity contribution in [3.8, 4) is 0 Å². The van der Waals surface area contributed by atoms with Gasteiger partial charge in [-0.2, -0.15) is 11.8 Å². The number of nitrogens with one attached hydrogen (secondary N) is 1. The van der Waals surface area contributed by atoms with Crippen LogP contribution in [0, 0.1) is 5.92 Å². The van der Waals surface area contributed by atoms with E-state index in [1.165, 1.54) is 7.11 Å². The summed E-state index contributed by atoms with van der Waals surface area (Å²) in [5, 5.41) is 2.82. The largest absolute Gasteiger partial charge is 0.467 e. The molecule has 5 heteroatoms. The average molecular weight is 259 g/mol. The predicted octanol–water partition coefficient (Wildman–Crippen LogP) is 1.59. The van der Waals surface area contributed by atoms with Gasteiger partial charge in [0.1, 0.15) is 6.04 Å². The third-order valence-electron chi connectivity index (χ3n) is 3.14. The highest BCUT2D eigenvalue weighted by atomic mass is 32.2. The van der Waals surface area contributed by atoms with Gasteiger partial charge in [-0.05, 0) is 31.3 Å². The van der Waals surface area contributed by atoms with Crippen molar-refractivity contribution in [1.29, 1.82) is 0 Å². The molecule has 1 N–H and O–H groups in total. The van der Waals surface area contributed by atoms with E-state index in [0.717, 1.165) is 31.4 Å². The number of carbonyl (C=O) groups excluding carboxylic acids is 2. The van der Waals surface area contributed by atoms with Gasteiger partial charge in [0.05, 0.1) is 7.11 Å². The first-order valence-electron chi connectivity index (χ1n) is 6.06. The van der Waals surface area contributed by atoms with Crippen LogP contribution in [-0.4, -0.2) is 37.0 Å². The maximum atomic E-state index is 11.9. The Hall–Kier alpha value is -0.710. The van der Waals surface area contributed by atoms with Gasteiger partial charge < -0.3 is 10.1 Å². The first kappa shape index (κ1) is 14.4. The van der Waals surface area contributed by atoms with Gasteiger partial charge in [-0.3, -0.25) is 4.79 Å². The minimum atomic E-state index is -0.486. The fourth-order valence-corrected chi connectivity index (χ4v) is 2.58. The molecule has 17 heavy (non-hydrogen) atoms. The van der Waals surface area contributed by atoms with Gasteiger partial charge in [-0.15, -0.1) is 0 Å². The van der Waals surface area contributed by atoms with Crippen molar-refractivity contribution >= 4 is 23.6 Å². The Morgan fingerprint density at radius 1 is 1.41 bits per heavy atom. The number of esters is 1. The van der Waals surface area contributed by atoms with Gasteiger partial charge in [0.15, 0.2) is 0 Å². The Morgan fingerprint density at radius 2 is 2.06 bits per heavy atom. The maximum Gasteiger partial charge on any atom is 0.328 e. The van der Waals surface area contributed by atoms with Gasteiger partial charge >= 0.3 is 5.97 Å². The zero-order chi connectivity index (χ0) is 12.7. The van der Waals surface area contributed by atoms with Crippen LogP contribution in [-0.2, 0) is 14.3 Å². The summed E-state index contributed by atoms with van der Waals surface area (Å²) in [6, 6.07) is -0.486. The molecule has 1 aliphatic rings. The van der Waals surface area contributed by atoms with Crippen LogP contribution >= 0.6 is 11.8 Å². The normalized spacial score (nSPS) is 17.8. The van der Waals surface area contributed by atoms with Gasteiger partial charge in [-0.25, -0.2) is 4.79 Å². The standard InChI is InChI=1S/C12H21NO3S/c1-16-12(15)10(7-8-17-2)13-11(14)9-5-3-4-6-9/h9-10H,3-8H2,1-2H3,(H,13,14). The Morgan fingerprint density at radius 3 is 2.59 bits per heavy atom. The van der Waals surface area contributed by atoms with Crippen molar-refractivity contribution < 1.29 is 14.3 Å². The number of ether oxygens (including phenoxy) is 1. The van der Waals surface area contributed by atoms with Crippen LogP contribution in [0.15, 0.2) is 0 Å². The molecule has 1 atom stereocenters. The molecule has 1 rings (SSSR count). The van der Waals surface area contributed by atoms with Crippen molar-refractivity contribution in [3.63, 3.8) is 0 Å². The summed E-state index contributed by atoms with van der Waals surface area (Å²) in [4.78, 5) is 23.4. The molecular weight excluding hydrogens is 238 g/mol. The lowest BCUT2D eigenvalue weighted by Crippen LogP contribution is -2.44. The lowest BCUT2D eigenvalue weighted by atomic mass is 10.1. The molecule has 0 aliphatic heterocycles. The predicted molar refractivity (Wildman–Crippen MR) is 68.9 cm³/mol. The number of thioether (sulfide) groups is 1. The summed E-state index contributed by atoms with van der Waals surface area (Å²) in [7, 11) is 1.36. The smallest absolute Gasteiger partial charge is 0.328 e. The molecular formula is C12H21NO3S. The molecule has 0 saturated heterocycles. The third kappa shape index (κ3) is 4.58. The monoisotopic (exact) mass is 259 g/mol. The number of hydrogen-bond donors (Lipinski definition) is 1. The van der Waals surface area contributed by atoms with Crippen LogP contribution in [0.3, 0.4) is 0 Å². The van der Waals surface area contributed by atoms with E-state index < -0.39 is 6.04 Å². The molecule has 0 heterocycles. The Kier molecular flexibility index (Phi) is 6.40. The van der Waals surface area contributed by atoms with Crippen molar-refractivity contribution in [1.82, 2.24) is 5.32 Å². The van der Waals surface area contributed by atoms with E-state index in [1.54, 1.807) is 11.8 Å². The van der Waals surface area contributed by atoms with Crippen LogP contribution in [0.4, 0.5) is 0 Å². The van der Waals surface area contributed by atoms with Crippen molar-refractivity contribution in [3.05, 3.63) is 0 Å². The van der Waals surface area contributed by atoms with E-state index >= 15 is 0 Å². The fourth-order valence-electron chi connectivity index (χ4n) is 2.10. The minimum absolute atomic E-state index is 0.0130. The van der Waals surface area contributed by atoms with Crippen molar-refractivity contribution in [2.45, 2.75) is 38.1 Å². The van der Waals surface area contributed by atoms with Crippen LogP contribution in [0.2, 0.25) is 0 Å². The van der Waals surface area contributed by atoms with Crippen LogP contribution in [0.25, 0.3) is 0 Å². The zero-order valence-corrected chi connectivity index (χ0v) is 11.3. The summed E-state index contributed by atoms with van der Waals surface area (Å²) in [5.41, 5.74) is 0. The molecule has 0 aromatic rings. The van der Waals surface area contributed by atoms with E-state index in [4.69, 9.17) is 4.74 Å². The van der Waals surface area contributed by atoms with Crippen LogP contribution in [0.1, 0.15) is 32.1 Å². The molecule has 0 radical (unpaired) electrons. The second-order valence-corrected chi connectivity index (χ2v) is 5.33. The number of methoxy groups -OCH3 is 1. The number of carbonyl (C=O) groups is 2. The maximum absolute atomic E-state index is 11.9. The van der Waals surface area contributed by atoms with E-state index in [2.05, 4.69) is 5.32 Å². The summed E-state index contributed by atoms with van der Waals surface area (Å²) in [6.45, 7) is 0. The molecule has 1 fully saturated rings. The van der Waals surface area contributed by atoms with E-state index in [-0.39, 0.29) is 17.8 Å². The Bertz CT molecular complexity index is 264. The quantitative estimate of drug-likeness (QED) is 0.736. The molecule has 1 saturated carbocycles. The average Bonchev–Trinajstić information content (AvgIpc) is 2.87. The first-order chi connectivity index (χ1) is 8.19. The molecule has 4 nitrogen and oxygen atoms in total. The highest BCUT2D eigenvalue weighted by molar-refractivity contribution is 7.98. The summed E-state index contributed by atoms with van der Waals surface area (Å²) < 4.78 is 4.71. The minimum Gasteiger partial charge on any atom is -0.467 e. The summed E-state index contributed by atoms with van der Waals surface area (Å²) in [5.74, 6) is 0.603. The van der Waals surface area contributed by atoms with E-state index in [9.17, 15) is 9.59 Å². The highest BCUT2D eigenvalue weighted by Crippen LogP contribution is 2.24. The number of amides is 1. The number of rotatable bonds is 6. The van der Waals surface area contributed by atoms with Crippen LogP contribution < -0.4 is 5.32 Å². The Labute approximate surface area is 107 Å². The SMILES string of the molecule is COC(=O)C(CCSC)NC(=O)C1CCCC1. The van der Waals surface area contributed by atoms with E-state index in [0.29, 0.717) is 6.42 Å². The molecule has 1 amide bonds. The van der Waals surface area contributed by atoms with Gasteiger partial charge in [0.25, 0.3) is 0 Å². The highest BCUT2D eigenvalue weighted by Gasteiger charge is 2.27. The second kappa shape index (κ2) is 7.58. The topological polar surface area (TPSA) is 55.4 Å².